The summed E-state index contributed by atoms with van der Waals surface area (Å²) in [5.74, 6) is -0.542. The van der Waals surface area contributed by atoms with Crippen molar-refractivity contribution in [2.45, 2.75) is 64.6 Å². The maximum absolute atomic E-state index is 14.1. The number of nitrogens with one attached hydrogen (secondary N) is 1. The monoisotopic (exact) mass is 643 g/mol. The zero-order chi connectivity index (χ0) is 30.3. The molecule has 0 unspecified atom stereocenters. The van der Waals surface area contributed by atoms with Gasteiger partial charge in [-0.25, -0.2) is 8.42 Å². The van der Waals surface area contributed by atoms with Gasteiger partial charge < -0.3 is 15.0 Å². The molecular weight excluding hydrogens is 606 g/mol. The Kier molecular flexibility index (Phi) is 11.0. The maximum atomic E-state index is 14.1. The van der Waals surface area contributed by atoms with Crippen LogP contribution in [0.15, 0.2) is 76.1 Å². The van der Waals surface area contributed by atoms with Crippen LogP contribution in [-0.2, 0) is 26.2 Å². The van der Waals surface area contributed by atoms with Gasteiger partial charge in [-0.1, -0.05) is 58.7 Å². The Balaban J connectivity index is 2.10. The molecule has 0 aliphatic heterocycles. The van der Waals surface area contributed by atoms with Gasteiger partial charge in [-0.05, 0) is 81.6 Å². The van der Waals surface area contributed by atoms with Crippen molar-refractivity contribution >= 4 is 43.5 Å². The zero-order valence-electron chi connectivity index (χ0n) is 24.3. The molecule has 220 valence electrons. The fraction of sp³-hybridized carbons (Fsp3) is 0.355. The Labute approximate surface area is 251 Å². The van der Waals surface area contributed by atoms with Crippen LogP contribution < -0.4 is 14.4 Å². The number of carbonyl (C=O) groups excluding carboxylic acids is 2. The van der Waals surface area contributed by atoms with Crippen molar-refractivity contribution < 1.29 is 22.7 Å². The summed E-state index contributed by atoms with van der Waals surface area (Å²) < 4.78 is 35.6. The molecule has 0 spiro atoms. The van der Waals surface area contributed by atoms with Gasteiger partial charge >= 0.3 is 0 Å². The number of carbonyl (C=O) groups is 2. The zero-order valence-corrected chi connectivity index (χ0v) is 26.8. The van der Waals surface area contributed by atoms with Gasteiger partial charge in [0.1, 0.15) is 18.3 Å². The molecule has 41 heavy (non-hydrogen) atoms. The first kappa shape index (κ1) is 32.1. The van der Waals surface area contributed by atoms with E-state index in [9.17, 15) is 18.0 Å². The molecule has 0 aromatic heterocycles. The molecule has 2 amide bonds. The average Bonchev–Trinajstić information content (AvgIpc) is 2.94. The molecule has 3 aromatic carbocycles. The highest BCUT2D eigenvalue weighted by molar-refractivity contribution is 9.10. The minimum atomic E-state index is -4.20. The summed E-state index contributed by atoms with van der Waals surface area (Å²) in [6.07, 6.45) is 0.730. The third kappa shape index (κ3) is 8.10. The number of hydrogen-bond acceptors (Lipinski definition) is 5. The summed E-state index contributed by atoms with van der Waals surface area (Å²) in [6.45, 7) is 8.78. The third-order valence-electron chi connectivity index (χ3n) is 6.90. The lowest BCUT2D eigenvalue weighted by atomic mass is 10.1. The van der Waals surface area contributed by atoms with Crippen LogP contribution >= 0.6 is 15.9 Å². The highest BCUT2D eigenvalue weighted by Crippen LogP contribution is 2.34. The quantitative estimate of drug-likeness (QED) is 0.277. The van der Waals surface area contributed by atoms with Crippen molar-refractivity contribution in [2.75, 3.05) is 18.0 Å². The van der Waals surface area contributed by atoms with E-state index in [4.69, 9.17) is 4.74 Å². The summed E-state index contributed by atoms with van der Waals surface area (Å²) >= 11 is 3.46. The van der Waals surface area contributed by atoms with Gasteiger partial charge in [-0.2, -0.15) is 0 Å². The van der Waals surface area contributed by atoms with Crippen LogP contribution in [-0.4, -0.2) is 50.9 Å². The molecule has 3 rings (SSSR count). The lowest BCUT2D eigenvalue weighted by molar-refractivity contribution is -0.139. The Bertz CT molecular complexity index is 1480. The molecule has 0 fully saturated rings. The highest BCUT2D eigenvalue weighted by Gasteiger charge is 2.34. The number of methoxy groups -OCH3 is 1. The number of benzene rings is 3. The van der Waals surface area contributed by atoms with Gasteiger partial charge in [0.15, 0.2) is 0 Å². The molecule has 0 aliphatic carbocycles. The van der Waals surface area contributed by atoms with Gasteiger partial charge in [0.2, 0.25) is 11.8 Å². The SMILES string of the molecule is CC[C@@H](C)NC(=O)[C@H](C)N(Cc1cccc(Br)c1)C(=O)CN(c1cc(C)ccc1OC)S(=O)(=O)c1ccc(C)cc1. The topological polar surface area (TPSA) is 96.0 Å². The van der Waals surface area contributed by atoms with Crippen LogP contribution in [0.25, 0.3) is 0 Å². The minimum Gasteiger partial charge on any atom is -0.495 e. The Morgan fingerprint density at radius 1 is 0.976 bits per heavy atom. The molecule has 1 N–H and O–H groups in total. The van der Waals surface area contributed by atoms with Gasteiger partial charge in [-0.3, -0.25) is 13.9 Å². The largest absolute Gasteiger partial charge is 0.495 e. The summed E-state index contributed by atoms with van der Waals surface area (Å²) in [7, 11) is -2.75. The number of hydrogen-bond donors (Lipinski definition) is 1. The number of amides is 2. The van der Waals surface area contributed by atoms with E-state index in [1.54, 1.807) is 31.2 Å². The summed E-state index contributed by atoms with van der Waals surface area (Å²) in [5, 5.41) is 2.94. The van der Waals surface area contributed by atoms with E-state index in [2.05, 4.69) is 21.2 Å². The lowest BCUT2D eigenvalue weighted by Crippen LogP contribution is -2.52. The van der Waals surface area contributed by atoms with Crippen LogP contribution in [0.4, 0.5) is 5.69 Å². The lowest BCUT2D eigenvalue weighted by Gasteiger charge is -2.33. The molecule has 0 heterocycles. The third-order valence-corrected chi connectivity index (χ3v) is 9.17. The van der Waals surface area contributed by atoms with Crippen molar-refractivity contribution in [3.8, 4) is 5.75 Å². The Morgan fingerprint density at radius 3 is 2.24 bits per heavy atom. The van der Waals surface area contributed by atoms with E-state index >= 15 is 0 Å². The van der Waals surface area contributed by atoms with Gasteiger partial charge in [0.25, 0.3) is 10.0 Å². The summed E-state index contributed by atoms with van der Waals surface area (Å²) in [5.41, 5.74) is 2.73. The predicted octanol–water partition coefficient (Wildman–Crippen LogP) is 5.60. The van der Waals surface area contributed by atoms with E-state index in [1.807, 2.05) is 58.0 Å². The van der Waals surface area contributed by atoms with E-state index in [1.165, 1.54) is 24.1 Å². The highest BCUT2D eigenvalue weighted by atomic mass is 79.9. The fourth-order valence-electron chi connectivity index (χ4n) is 4.23. The Morgan fingerprint density at radius 2 is 1.63 bits per heavy atom. The minimum absolute atomic E-state index is 0.0422. The van der Waals surface area contributed by atoms with E-state index < -0.39 is 28.5 Å². The number of aryl methyl sites for hydroxylation is 2. The number of anilines is 1. The van der Waals surface area contributed by atoms with Crippen molar-refractivity contribution in [1.82, 2.24) is 10.2 Å². The predicted molar refractivity (Wildman–Crippen MR) is 165 cm³/mol. The normalized spacial score (nSPS) is 12.8. The summed E-state index contributed by atoms with van der Waals surface area (Å²) in [4.78, 5) is 28.8. The van der Waals surface area contributed by atoms with Crippen molar-refractivity contribution in [2.24, 2.45) is 0 Å². The second-order valence-corrected chi connectivity index (χ2v) is 12.9. The molecule has 8 nitrogen and oxygen atoms in total. The molecule has 0 saturated carbocycles. The van der Waals surface area contributed by atoms with Gasteiger partial charge in [-0.15, -0.1) is 0 Å². The standard InChI is InChI=1S/C31H38BrN3O5S/c1-7-23(4)33-31(37)24(5)34(19-25-9-8-10-26(32)18-25)30(36)20-35(28-17-22(3)13-16-29(28)40-6)41(38,39)27-14-11-21(2)12-15-27/h8-18,23-24H,7,19-20H2,1-6H3,(H,33,37)/t23-,24+/m1/s1. The van der Waals surface area contributed by atoms with Crippen LogP contribution in [0.5, 0.6) is 5.75 Å². The molecular formula is C31H38BrN3O5S. The van der Waals surface area contributed by atoms with Gasteiger partial charge in [0, 0.05) is 17.1 Å². The average molecular weight is 645 g/mol. The molecule has 0 saturated heterocycles. The van der Waals surface area contributed by atoms with Crippen molar-refractivity contribution in [3.05, 3.63) is 87.9 Å². The number of rotatable bonds is 12. The smallest absolute Gasteiger partial charge is 0.264 e. The first-order valence-corrected chi connectivity index (χ1v) is 15.7. The second kappa shape index (κ2) is 14.0. The first-order valence-electron chi connectivity index (χ1n) is 13.5. The molecule has 10 heteroatoms. The van der Waals surface area contributed by atoms with Crippen LogP contribution in [0.3, 0.4) is 0 Å². The van der Waals surface area contributed by atoms with Crippen LogP contribution in [0.2, 0.25) is 0 Å². The van der Waals surface area contributed by atoms with Crippen molar-refractivity contribution in [1.29, 1.82) is 0 Å². The number of nitrogens with zero attached hydrogens (tertiary/aromatic N) is 2. The maximum Gasteiger partial charge on any atom is 0.264 e. The molecule has 0 aliphatic rings. The van der Waals surface area contributed by atoms with Crippen molar-refractivity contribution in [3.63, 3.8) is 0 Å². The number of ether oxygens (including phenoxy) is 1. The van der Waals surface area contributed by atoms with E-state index in [0.717, 1.165) is 31.9 Å². The fourth-order valence-corrected chi connectivity index (χ4v) is 6.09. The Hall–Kier alpha value is -3.37. The second-order valence-electron chi connectivity index (χ2n) is 10.1. The van der Waals surface area contributed by atoms with Gasteiger partial charge in [0.05, 0.1) is 17.7 Å². The van der Waals surface area contributed by atoms with Crippen LogP contribution in [0, 0.1) is 13.8 Å². The molecule has 3 aromatic rings. The first-order chi connectivity index (χ1) is 19.4. The number of sulfonamides is 1. The molecule has 0 radical (unpaired) electrons. The molecule has 0 bridgehead atoms. The van der Waals surface area contributed by atoms with E-state index in [0.29, 0.717) is 5.75 Å². The summed E-state index contributed by atoms with van der Waals surface area (Å²) in [6, 6.07) is 18.1. The molecule has 2 atom stereocenters. The number of halogens is 1. The van der Waals surface area contributed by atoms with Crippen LogP contribution in [0.1, 0.15) is 43.9 Å². The van der Waals surface area contributed by atoms with E-state index in [-0.39, 0.29) is 29.1 Å².